The molecule has 2 heterocycles. The summed E-state index contributed by atoms with van der Waals surface area (Å²) in [4.78, 5) is 19.1. The maximum atomic E-state index is 13.5. The maximum Gasteiger partial charge on any atom is 0.408 e. The zero-order valence-electron chi connectivity index (χ0n) is 15.1. The highest BCUT2D eigenvalue weighted by Gasteiger charge is 2.39. The Bertz CT molecular complexity index is 797. The molecule has 0 aliphatic heterocycles. The lowest BCUT2D eigenvalue weighted by Crippen LogP contribution is -2.36. The second kappa shape index (κ2) is 8.85. The number of aromatic nitrogens is 5. The van der Waals surface area contributed by atoms with Gasteiger partial charge in [0.2, 0.25) is 17.7 Å². The topological polar surface area (TPSA) is 88.5 Å². The molecule has 2 atom stereocenters. The van der Waals surface area contributed by atoms with Gasteiger partial charge in [-0.2, -0.15) is 36.9 Å². The molecule has 154 valence electrons. The molecule has 0 saturated heterocycles. The van der Waals surface area contributed by atoms with E-state index in [0.717, 1.165) is 6.20 Å². The maximum absolute atomic E-state index is 13.5. The van der Waals surface area contributed by atoms with E-state index in [0.29, 0.717) is 13.0 Å². The molecule has 13 heteroatoms. The summed E-state index contributed by atoms with van der Waals surface area (Å²) in [5, 5.41) is 5.06. The van der Waals surface area contributed by atoms with Crippen molar-refractivity contribution in [3.63, 3.8) is 0 Å². The number of nitrogens with zero attached hydrogens (tertiary/aromatic N) is 5. The summed E-state index contributed by atoms with van der Waals surface area (Å²) in [6.45, 7) is 3.70. The van der Waals surface area contributed by atoms with Crippen molar-refractivity contribution in [3.05, 3.63) is 18.1 Å². The molecule has 2 N–H and O–H groups in total. The Balaban J connectivity index is 2.46. The first-order valence-electron chi connectivity index (χ1n) is 8.38. The van der Waals surface area contributed by atoms with Crippen LogP contribution in [-0.2, 0) is 5.66 Å². The first-order valence-corrected chi connectivity index (χ1v) is 8.96. The predicted molar refractivity (Wildman–Crippen MR) is 97.0 cm³/mol. The minimum absolute atomic E-state index is 0.00386. The molecule has 0 aliphatic carbocycles. The Morgan fingerprint density at radius 1 is 1.04 bits per heavy atom. The molecular formula is C15H19F5N7P. The highest BCUT2D eigenvalue weighted by Crippen LogP contribution is 2.32. The van der Waals surface area contributed by atoms with Crippen molar-refractivity contribution < 1.29 is 22.0 Å². The number of hydrogen-bond acceptors (Lipinski definition) is 7. The summed E-state index contributed by atoms with van der Waals surface area (Å²) in [7, 11) is 1.31. The number of anilines is 2. The molecule has 1 unspecified atom stereocenters. The van der Waals surface area contributed by atoms with Crippen molar-refractivity contribution in [1.82, 2.24) is 24.9 Å². The zero-order valence-corrected chi connectivity index (χ0v) is 16.2. The van der Waals surface area contributed by atoms with E-state index in [2.05, 4.69) is 35.6 Å². The lowest BCUT2D eigenvalue weighted by Gasteiger charge is -2.20. The van der Waals surface area contributed by atoms with E-state index in [1.54, 1.807) is 0 Å². The van der Waals surface area contributed by atoms with Crippen LogP contribution in [0, 0.1) is 0 Å². The summed E-state index contributed by atoms with van der Waals surface area (Å²) in [5.74, 6) is -1.28. The van der Waals surface area contributed by atoms with Crippen molar-refractivity contribution in [2.24, 2.45) is 0 Å². The van der Waals surface area contributed by atoms with Gasteiger partial charge in [-0.1, -0.05) is 23.1 Å². The largest absolute Gasteiger partial charge is 0.408 e. The lowest BCUT2D eigenvalue weighted by molar-refractivity contribution is -0.143. The van der Waals surface area contributed by atoms with Crippen molar-refractivity contribution in [3.8, 4) is 11.5 Å². The van der Waals surface area contributed by atoms with Gasteiger partial charge in [-0.15, -0.1) is 0 Å². The Morgan fingerprint density at radius 3 is 2.29 bits per heavy atom. The highest BCUT2D eigenvalue weighted by atomic mass is 31.0. The number of rotatable bonds is 8. The molecule has 28 heavy (non-hydrogen) atoms. The van der Waals surface area contributed by atoms with E-state index in [9.17, 15) is 22.0 Å². The molecule has 0 fully saturated rings. The fourth-order valence-corrected chi connectivity index (χ4v) is 2.22. The summed E-state index contributed by atoms with van der Waals surface area (Å²) in [6.07, 6.45) is -2.96. The van der Waals surface area contributed by atoms with E-state index >= 15 is 0 Å². The van der Waals surface area contributed by atoms with Crippen LogP contribution in [0.25, 0.3) is 11.5 Å². The third-order valence-electron chi connectivity index (χ3n) is 3.46. The predicted octanol–water partition coefficient (Wildman–Crippen LogP) is 3.83. The van der Waals surface area contributed by atoms with Crippen LogP contribution in [0.15, 0.2) is 12.3 Å². The average Bonchev–Trinajstić information content (AvgIpc) is 2.62. The van der Waals surface area contributed by atoms with Gasteiger partial charge in [0, 0.05) is 12.7 Å². The monoisotopic (exact) mass is 423 g/mol. The third kappa shape index (κ3) is 5.88. The van der Waals surface area contributed by atoms with Gasteiger partial charge in [-0.05, 0) is 18.9 Å². The summed E-state index contributed by atoms with van der Waals surface area (Å²) in [5.41, 5.74) is -3.45. The minimum Gasteiger partial charge on any atom is -0.354 e. The first-order chi connectivity index (χ1) is 13.0. The van der Waals surface area contributed by atoms with Gasteiger partial charge < -0.3 is 10.6 Å². The zero-order chi connectivity index (χ0) is 20.9. The third-order valence-corrected chi connectivity index (χ3v) is 3.72. The van der Waals surface area contributed by atoms with Gasteiger partial charge in [0.05, 0.1) is 0 Å². The van der Waals surface area contributed by atoms with Crippen LogP contribution in [0.2, 0.25) is 0 Å². The van der Waals surface area contributed by atoms with Crippen LogP contribution in [0.3, 0.4) is 0 Å². The Labute approximate surface area is 160 Å². The fraction of sp³-hybridized carbons (Fsp3) is 0.533. The van der Waals surface area contributed by atoms with Crippen LogP contribution in [0.1, 0.15) is 32.5 Å². The molecule has 0 spiro atoms. The van der Waals surface area contributed by atoms with Crippen LogP contribution in [0.5, 0.6) is 0 Å². The van der Waals surface area contributed by atoms with E-state index in [1.807, 2.05) is 6.92 Å². The van der Waals surface area contributed by atoms with Crippen molar-refractivity contribution in [2.75, 3.05) is 17.2 Å². The van der Waals surface area contributed by atoms with Crippen molar-refractivity contribution >= 4 is 21.1 Å². The average molecular weight is 423 g/mol. The quantitative estimate of drug-likeness (QED) is 0.493. The molecule has 0 bridgehead atoms. The molecule has 7 nitrogen and oxygen atoms in total. The van der Waals surface area contributed by atoms with E-state index in [1.165, 1.54) is 22.2 Å². The van der Waals surface area contributed by atoms with E-state index in [-0.39, 0.29) is 29.8 Å². The number of alkyl halides is 5. The van der Waals surface area contributed by atoms with Crippen molar-refractivity contribution in [2.45, 2.75) is 44.6 Å². The second-order valence-electron chi connectivity index (χ2n) is 5.77. The molecule has 2 aromatic heterocycles. The minimum atomic E-state index is -4.51. The van der Waals surface area contributed by atoms with Crippen LogP contribution in [0.4, 0.5) is 33.8 Å². The van der Waals surface area contributed by atoms with E-state index < -0.39 is 23.7 Å². The van der Waals surface area contributed by atoms with Gasteiger partial charge in [-0.25, -0.2) is 9.97 Å². The Hall–Kier alpha value is -2.23. The molecule has 2 rings (SSSR count). The number of halogens is 5. The second-order valence-corrected chi connectivity index (χ2v) is 6.49. The SMILES string of the molecule is CCCNc1nc(N[C@@H](CC)C(F)(F)F)nc(-c2ccnc(C(F)(F)P)n2)n1. The Kier molecular flexibility index (Phi) is 6.97. The summed E-state index contributed by atoms with van der Waals surface area (Å²) >= 11 is 0. The standard InChI is InChI=1S/C15H19F5N7P/c1-3-6-22-12-25-10(8-5-7-21-11(23-8)15(19,20)28)26-13(27-12)24-9(4-2)14(16,17)18/h5,7,9H,3-4,6,28H2,1-2H3,(H2,22,24,25,26,27)/t9-/m0/s1. The lowest BCUT2D eigenvalue weighted by atomic mass is 10.2. The summed E-state index contributed by atoms with van der Waals surface area (Å²) < 4.78 is 66.1. The normalized spacial score (nSPS) is 13.3. The van der Waals surface area contributed by atoms with Crippen LogP contribution >= 0.6 is 9.24 Å². The molecule has 0 aromatic carbocycles. The molecule has 0 saturated carbocycles. The molecular weight excluding hydrogens is 404 g/mol. The number of nitrogens with one attached hydrogen (secondary N) is 2. The van der Waals surface area contributed by atoms with Gasteiger partial charge in [0.1, 0.15) is 11.7 Å². The molecule has 0 aliphatic rings. The summed E-state index contributed by atoms with van der Waals surface area (Å²) in [6, 6.07) is -0.594. The first kappa shape index (κ1) is 22.1. The van der Waals surface area contributed by atoms with Crippen LogP contribution in [-0.4, -0.2) is 43.7 Å². The number of hydrogen-bond donors (Lipinski definition) is 2. The van der Waals surface area contributed by atoms with Crippen LogP contribution < -0.4 is 10.6 Å². The Morgan fingerprint density at radius 2 is 1.71 bits per heavy atom. The van der Waals surface area contributed by atoms with E-state index in [4.69, 9.17) is 0 Å². The van der Waals surface area contributed by atoms with Gasteiger partial charge in [0.15, 0.2) is 5.82 Å². The molecule has 2 aromatic rings. The molecule has 0 radical (unpaired) electrons. The molecule has 0 amide bonds. The van der Waals surface area contributed by atoms with Gasteiger partial charge in [0.25, 0.3) is 0 Å². The highest BCUT2D eigenvalue weighted by molar-refractivity contribution is 7.17. The smallest absolute Gasteiger partial charge is 0.354 e. The fourth-order valence-electron chi connectivity index (χ4n) is 2.09. The van der Waals surface area contributed by atoms with Gasteiger partial charge in [-0.3, -0.25) is 0 Å². The van der Waals surface area contributed by atoms with Gasteiger partial charge >= 0.3 is 11.8 Å². The van der Waals surface area contributed by atoms with Crippen molar-refractivity contribution in [1.29, 1.82) is 0 Å².